The maximum absolute atomic E-state index is 11.5. The second-order valence-electron chi connectivity index (χ2n) is 5.32. The van der Waals surface area contributed by atoms with Crippen molar-refractivity contribution in [1.82, 2.24) is 10.3 Å². The van der Waals surface area contributed by atoms with Gasteiger partial charge in [0.05, 0.1) is 5.52 Å². The Morgan fingerprint density at radius 1 is 1.40 bits per heavy atom. The molecule has 2 rings (SSSR count). The first-order valence-electron chi connectivity index (χ1n) is 7.00. The Morgan fingerprint density at radius 2 is 2.10 bits per heavy atom. The van der Waals surface area contributed by atoms with E-state index >= 15 is 0 Å². The molecule has 108 valence electrons. The number of carbonyl (C=O) groups excluding carboxylic acids is 1. The number of amides is 1. The van der Waals surface area contributed by atoms with Gasteiger partial charge in [-0.1, -0.05) is 18.6 Å². The Bertz CT molecular complexity index is 641. The zero-order chi connectivity index (χ0) is 14.9. The zero-order valence-electron chi connectivity index (χ0n) is 12.5. The molecule has 0 spiro atoms. The number of aromatic amines is 1. The maximum Gasteiger partial charge on any atom is 0.248 e. The lowest BCUT2D eigenvalue weighted by Gasteiger charge is -2.09. The van der Waals surface area contributed by atoms with Crippen molar-refractivity contribution in [2.45, 2.75) is 46.8 Å². The van der Waals surface area contributed by atoms with E-state index in [1.54, 1.807) is 0 Å². The van der Waals surface area contributed by atoms with Gasteiger partial charge in [-0.3, -0.25) is 4.79 Å². The predicted octanol–water partition coefficient (Wildman–Crippen LogP) is 2.34. The molecule has 0 radical (unpaired) electrons. The van der Waals surface area contributed by atoms with Gasteiger partial charge in [0.1, 0.15) is 6.10 Å². The molecule has 1 aromatic heterocycles. The molecule has 0 saturated carbocycles. The summed E-state index contributed by atoms with van der Waals surface area (Å²) < 4.78 is 0. The van der Waals surface area contributed by atoms with E-state index in [4.69, 9.17) is 0 Å². The number of nitrogens with one attached hydrogen (secondary N) is 2. The molecule has 2 aromatic rings. The van der Waals surface area contributed by atoms with E-state index in [2.05, 4.69) is 43.2 Å². The van der Waals surface area contributed by atoms with Crippen LogP contribution in [0.25, 0.3) is 10.9 Å². The van der Waals surface area contributed by atoms with E-state index in [0.717, 1.165) is 17.5 Å². The molecule has 20 heavy (non-hydrogen) atoms. The fraction of sp³-hybridized carbons (Fsp3) is 0.438. The highest BCUT2D eigenvalue weighted by atomic mass is 16.3. The van der Waals surface area contributed by atoms with Crippen LogP contribution < -0.4 is 5.32 Å². The Morgan fingerprint density at radius 3 is 2.70 bits per heavy atom. The normalized spacial score (nSPS) is 12.7. The molecular formula is C16H22N2O2. The number of hydrogen-bond acceptors (Lipinski definition) is 2. The number of H-pyrrole nitrogens is 1. The van der Waals surface area contributed by atoms with Crippen LogP contribution in [-0.2, 0) is 17.8 Å². The van der Waals surface area contributed by atoms with Crippen molar-refractivity contribution in [2.75, 3.05) is 0 Å². The minimum absolute atomic E-state index is 0.348. The lowest BCUT2D eigenvalue weighted by Crippen LogP contribution is -2.32. The summed E-state index contributed by atoms with van der Waals surface area (Å²) in [5, 5.41) is 13.2. The third kappa shape index (κ3) is 2.70. The number of rotatable bonds is 4. The molecule has 1 amide bonds. The van der Waals surface area contributed by atoms with E-state index in [1.165, 1.54) is 29.1 Å². The quantitative estimate of drug-likeness (QED) is 0.801. The highest BCUT2D eigenvalue weighted by molar-refractivity contribution is 5.88. The van der Waals surface area contributed by atoms with Gasteiger partial charge in [-0.05, 0) is 44.4 Å². The third-order valence-corrected chi connectivity index (χ3v) is 3.68. The number of benzene rings is 1. The minimum Gasteiger partial charge on any atom is -0.384 e. The molecule has 0 aliphatic heterocycles. The Hall–Kier alpha value is -1.81. The van der Waals surface area contributed by atoms with Crippen LogP contribution in [0.4, 0.5) is 0 Å². The summed E-state index contributed by atoms with van der Waals surface area (Å²) in [7, 11) is 0. The summed E-state index contributed by atoms with van der Waals surface area (Å²) in [5.41, 5.74) is 5.80. The molecule has 1 aromatic carbocycles. The summed E-state index contributed by atoms with van der Waals surface area (Å²) in [5.74, 6) is -0.348. The van der Waals surface area contributed by atoms with E-state index in [9.17, 15) is 9.90 Å². The van der Waals surface area contributed by atoms with E-state index in [0.29, 0.717) is 6.54 Å². The first-order valence-corrected chi connectivity index (χ1v) is 7.00. The summed E-state index contributed by atoms with van der Waals surface area (Å²) in [4.78, 5) is 14.9. The molecule has 1 heterocycles. The van der Waals surface area contributed by atoms with Gasteiger partial charge < -0.3 is 15.4 Å². The molecule has 0 saturated heterocycles. The second kappa shape index (κ2) is 5.67. The fourth-order valence-electron chi connectivity index (χ4n) is 2.54. The van der Waals surface area contributed by atoms with Crippen LogP contribution >= 0.6 is 0 Å². The van der Waals surface area contributed by atoms with Crippen molar-refractivity contribution in [3.05, 3.63) is 34.5 Å². The lowest BCUT2D eigenvalue weighted by atomic mass is 10.0. The van der Waals surface area contributed by atoms with Gasteiger partial charge in [-0.2, -0.15) is 0 Å². The molecule has 0 bridgehead atoms. The summed E-state index contributed by atoms with van der Waals surface area (Å²) in [6.07, 6.45) is -0.0224. The number of aryl methyl sites for hydroxylation is 3. The van der Waals surface area contributed by atoms with Crippen molar-refractivity contribution in [1.29, 1.82) is 0 Å². The molecule has 0 aliphatic rings. The third-order valence-electron chi connectivity index (χ3n) is 3.68. The number of carbonyl (C=O) groups is 1. The van der Waals surface area contributed by atoms with Crippen LogP contribution in [-0.4, -0.2) is 22.1 Å². The molecule has 3 N–H and O–H groups in total. The topological polar surface area (TPSA) is 65.1 Å². The lowest BCUT2D eigenvalue weighted by molar-refractivity contribution is -0.128. The van der Waals surface area contributed by atoms with Crippen LogP contribution in [0.5, 0.6) is 0 Å². The number of aromatic nitrogens is 1. The standard InChI is InChI=1S/C16H22N2O2/c1-5-14-10(3)13-7-9(2)6-12(15(13)18-14)8-17-16(20)11(4)19/h6-7,11,18-19H,5,8H2,1-4H3,(H,17,20)/t11-/m1/s1. The molecule has 4 nitrogen and oxygen atoms in total. The summed E-state index contributed by atoms with van der Waals surface area (Å²) in [6, 6.07) is 4.24. The monoisotopic (exact) mass is 274 g/mol. The van der Waals surface area contributed by atoms with Crippen molar-refractivity contribution in [2.24, 2.45) is 0 Å². The average molecular weight is 274 g/mol. The SMILES string of the molecule is CCc1[nH]c2c(CNC(=O)[C@@H](C)O)cc(C)cc2c1C. The second-order valence-corrected chi connectivity index (χ2v) is 5.32. The van der Waals surface area contributed by atoms with Crippen LogP contribution in [0.2, 0.25) is 0 Å². The van der Waals surface area contributed by atoms with Gasteiger partial charge in [0.2, 0.25) is 5.91 Å². The van der Waals surface area contributed by atoms with Crippen LogP contribution in [0.1, 0.15) is 36.2 Å². The van der Waals surface area contributed by atoms with Gasteiger partial charge in [0.15, 0.2) is 0 Å². The van der Waals surface area contributed by atoms with Gasteiger partial charge in [0, 0.05) is 17.6 Å². The summed E-state index contributed by atoms with van der Waals surface area (Å²) >= 11 is 0. The first kappa shape index (κ1) is 14.6. The molecule has 0 unspecified atom stereocenters. The number of hydrogen-bond donors (Lipinski definition) is 3. The Balaban J connectivity index is 2.40. The largest absolute Gasteiger partial charge is 0.384 e. The van der Waals surface area contributed by atoms with E-state index in [-0.39, 0.29) is 5.91 Å². The maximum atomic E-state index is 11.5. The summed E-state index contributed by atoms with van der Waals surface area (Å²) in [6.45, 7) is 8.19. The minimum atomic E-state index is -0.980. The highest BCUT2D eigenvalue weighted by Crippen LogP contribution is 2.26. The van der Waals surface area contributed by atoms with Crippen LogP contribution in [0, 0.1) is 13.8 Å². The van der Waals surface area contributed by atoms with Gasteiger partial charge in [0.25, 0.3) is 0 Å². The van der Waals surface area contributed by atoms with Crippen molar-refractivity contribution in [3.8, 4) is 0 Å². The molecular weight excluding hydrogens is 252 g/mol. The van der Waals surface area contributed by atoms with Crippen LogP contribution in [0.15, 0.2) is 12.1 Å². The van der Waals surface area contributed by atoms with Crippen molar-refractivity contribution >= 4 is 16.8 Å². The molecule has 0 aliphatic carbocycles. The van der Waals surface area contributed by atoms with Gasteiger partial charge in [-0.15, -0.1) is 0 Å². The first-order chi connectivity index (χ1) is 9.43. The van der Waals surface area contributed by atoms with Gasteiger partial charge in [-0.25, -0.2) is 0 Å². The van der Waals surface area contributed by atoms with E-state index < -0.39 is 6.10 Å². The smallest absolute Gasteiger partial charge is 0.248 e. The Labute approximate surface area is 119 Å². The van der Waals surface area contributed by atoms with Gasteiger partial charge >= 0.3 is 0 Å². The van der Waals surface area contributed by atoms with Crippen LogP contribution in [0.3, 0.4) is 0 Å². The fourth-order valence-corrected chi connectivity index (χ4v) is 2.54. The van der Waals surface area contributed by atoms with Crippen molar-refractivity contribution < 1.29 is 9.90 Å². The number of aliphatic hydroxyl groups is 1. The average Bonchev–Trinajstić information content (AvgIpc) is 2.72. The van der Waals surface area contributed by atoms with Crippen molar-refractivity contribution in [3.63, 3.8) is 0 Å². The molecule has 1 atom stereocenters. The zero-order valence-corrected chi connectivity index (χ0v) is 12.5. The number of aliphatic hydroxyl groups excluding tert-OH is 1. The predicted molar refractivity (Wildman–Crippen MR) is 80.7 cm³/mol. The number of fused-ring (bicyclic) bond motifs is 1. The highest BCUT2D eigenvalue weighted by Gasteiger charge is 2.13. The Kier molecular flexibility index (Phi) is 4.14. The molecule has 4 heteroatoms. The van der Waals surface area contributed by atoms with E-state index in [1.807, 2.05) is 0 Å². The molecule has 0 fully saturated rings.